The summed E-state index contributed by atoms with van der Waals surface area (Å²) in [6.45, 7) is 2.13. The van der Waals surface area contributed by atoms with E-state index in [1.165, 1.54) is 40.7 Å². The molecule has 0 saturated carbocycles. The second-order valence-electron chi connectivity index (χ2n) is 8.20. The van der Waals surface area contributed by atoms with E-state index in [1.807, 2.05) is 18.3 Å². The number of allylic oxidation sites excluding steroid dienone is 2. The molecule has 0 spiro atoms. The van der Waals surface area contributed by atoms with Crippen LogP contribution in [0.5, 0.6) is 0 Å². The molecule has 31 heavy (non-hydrogen) atoms. The molecule has 5 rings (SSSR count). The number of hydrogen-bond acceptors (Lipinski definition) is 2. The lowest BCUT2D eigenvalue weighted by Gasteiger charge is -2.21. The molecule has 0 fully saturated rings. The van der Waals surface area contributed by atoms with Gasteiger partial charge >= 0.3 is 0 Å². The average molecular weight is 403 g/mol. The standard InChI is InChI=1S/C29H26N2/c1-21-15-17-24(18-16-21)28-25(22-10-4-2-5-11-22)20-27(23-12-6-3-7-13-23)31-29(28)26-14-8-9-19-30-26/h3,6-10,12-20H,2,4-5,11H2,1H3. The molecule has 0 N–H and O–H groups in total. The quantitative estimate of drug-likeness (QED) is 0.349. The third-order valence-corrected chi connectivity index (χ3v) is 5.97. The van der Waals surface area contributed by atoms with Crippen LogP contribution in [0.15, 0.2) is 91.1 Å². The smallest absolute Gasteiger partial charge is 0.0978 e. The number of aryl methyl sites for hydroxylation is 1. The van der Waals surface area contributed by atoms with Crippen molar-refractivity contribution in [2.24, 2.45) is 0 Å². The van der Waals surface area contributed by atoms with Crippen LogP contribution >= 0.6 is 0 Å². The number of pyridine rings is 2. The zero-order valence-corrected chi connectivity index (χ0v) is 17.9. The van der Waals surface area contributed by atoms with Gasteiger partial charge in [-0.1, -0.05) is 72.3 Å². The molecular weight excluding hydrogens is 376 g/mol. The van der Waals surface area contributed by atoms with Crippen LogP contribution in [0, 0.1) is 6.92 Å². The molecule has 0 bridgehead atoms. The second kappa shape index (κ2) is 8.69. The number of rotatable bonds is 4. The van der Waals surface area contributed by atoms with Gasteiger partial charge in [-0.3, -0.25) is 4.98 Å². The van der Waals surface area contributed by atoms with Crippen molar-refractivity contribution in [1.29, 1.82) is 0 Å². The molecule has 2 nitrogen and oxygen atoms in total. The Morgan fingerprint density at radius 1 is 0.742 bits per heavy atom. The van der Waals surface area contributed by atoms with E-state index in [2.05, 4.69) is 79.7 Å². The Balaban J connectivity index is 1.83. The van der Waals surface area contributed by atoms with Gasteiger partial charge in [0.15, 0.2) is 0 Å². The lowest BCUT2D eigenvalue weighted by atomic mass is 9.86. The Kier molecular flexibility index (Phi) is 5.45. The summed E-state index contributed by atoms with van der Waals surface area (Å²) < 4.78 is 0. The van der Waals surface area contributed by atoms with Crippen molar-refractivity contribution in [1.82, 2.24) is 9.97 Å². The zero-order valence-electron chi connectivity index (χ0n) is 17.9. The van der Waals surface area contributed by atoms with Crippen LogP contribution < -0.4 is 0 Å². The van der Waals surface area contributed by atoms with Crippen molar-refractivity contribution < 1.29 is 0 Å². The lowest BCUT2D eigenvalue weighted by Crippen LogP contribution is -2.02. The molecule has 1 aliphatic carbocycles. The first-order valence-corrected chi connectivity index (χ1v) is 11.1. The van der Waals surface area contributed by atoms with Gasteiger partial charge in [-0.25, -0.2) is 4.98 Å². The first-order chi connectivity index (χ1) is 15.3. The summed E-state index contributed by atoms with van der Waals surface area (Å²) in [6, 6.07) is 27.6. The summed E-state index contributed by atoms with van der Waals surface area (Å²) >= 11 is 0. The minimum Gasteiger partial charge on any atom is -0.255 e. The van der Waals surface area contributed by atoms with E-state index < -0.39 is 0 Å². The Hall–Kier alpha value is -3.52. The fourth-order valence-electron chi connectivity index (χ4n) is 4.34. The highest BCUT2D eigenvalue weighted by atomic mass is 14.8. The molecule has 0 aliphatic heterocycles. The van der Waals surface area contributed by atoms with Crippen LogP contribution in [0.3, 0.4) is 0 Å². The van der Waals surface area contributed by atoms with Gasteiger partial charge in [-0.05, 0) is 67.5 Å². The lowest BCUT2D eigenvalue weighted by molar-refractivity contribution is 0.742. The predicted molar refractivity (Wildman–Crippen MR) is 130 cm³/mol. The number of benzene rings is 2. The predicted octanol–water partition coefficient (Wildman–Crippen LogP) is 7.74. The summed E-state index contributed by atoms with van der Waals surface area (Å²) in [5, 5.41) is 0. The summed E-state index contributed by atoms with van der Waals surface area (Å²) in [5.41, 5.74) is 10.4. The van der Waals surface area contributed by atoms with Crippen LogP contribution in [0.4, 0.5) is 0 Å². The van der Waals surface area contributed by atoms with Crippen molar-refractivity contribution in [3.63, 3.8) is 0 Å². The Morgan fingerprint density at radius 3 is 2.26 bits per heavy atom. The molecule has 2 heterocycles. The average Bonchev–Trinajstić information content (AvgIpc) is 2.85. The maximum absolute atomic E-state index is 5.18. The van der Waals surface area contributed by atoms with Gasteiger partial charge in [0.05, 0.1) is 17.1 Å². The fraction of sp³-hybridized carbons (Fsp3) is 0.172. The first kappa shape index (κ1) is 19.4. The van der Waals surface area contributed by atoms with E-state index >= 15 is 0 Å². The van der Waals surface area contributed by atoms with Crippen molar-refractivity contribution in [3.8, 4) is 33.8 Å². The van der Waals surface area contributed by atoms with E-state index in [9.17, 15) is 0 Å². The largest absolute Gasteiger partial charge is 0.255 e. The van der Waals surface area contributed by atoms with Crippen molar-refractivity contribution in [2.75, 3.05) is 0 Å². The Morgan fingerprint density at radius 2 is 1.55 bits per heavy atom. The van der Waals surface area contributed by atoms with Crippen LogP contribution in [0.2, 0.25) is 0 Å². The Bertz CT molecular complexity index is 1210. The second-order valence-corrected chi connectivity index (χ2v) is 8.20. The highest BCUT2D eigenvalue weighted by Crippen LogP contribution is 2.41. The SMILES string of the molecule is Cc1ccc(-c2c(C3=CCCCC3)cc(-c3ccccc3)nc2-c2ccccn2)cc1. The first-order valence-electron chi connectivity index (χ1n) is 11.1. The van der Waals surface area contributed by atoms with Crippen molar-refractivity contribution in [2.45, 2.75) is 32.6 Å². The van der Waals surface area contributed by atoms with Gasteiger partial charge in [0.1, 0.15) is 0 Å². The molecule has 1 aliphatic rings. The molecular formula is C29H26N2. The van der Waals surface area contributed by atoms with E-state index in [4.69, 9.17) is 9.97 Å². The van der Waals surface area contributed by atoms with E-state index in [1.54, 1.807) is 0 Å². The summed E-state index contributed by atoms with van der Waals surface area (Å²) in [6.07, 6.45) is 9.04. The highest BCUT2D eigenvalue weighted by molar-refractivity contribution is 5.92. The normalized spacial score (nSPS) is 13.6. The minimum atomic E-state index is 0.911. The van der Waals surface area contributed by atoms with Crippen LogP contribution in [0.1, 0.15) is 36.8 Å². The maximum Gasteiger partial charge on any atom is 0.0978 e. The highest BCUT2D eigenvalue weighted by Gasteiger charge is 2.20. The summed E-state index contributed by atoms with van der Waals surface area (Å²) in [4.78, 5) is 9.87. The molecule has 0 saturated heterocycles. The van der Waals surface area contributed by atoms with Gasteiger partial charge in [0.25, 0.3) is 0 Å². The summed E-state index contributed by atoms with van der Waals surface area (Å²) in [7, 11) is 0. The molecule has 0 radical (unpaired) electrons. The third kappa shape index (κ3) is 4.06. The van der Waals surface area contributed by atoms with Gasteiger partial charge in [-0.2, -0.15) is 0 Å². The number of aromatic nitrogens is 2. The third-order valence-electron chi connectivity index (χ3n) is 5.97. The number of nitrogens with zero attached hydrogens (tertiary/aromatic N) is 2. The number of hydrogen-bond donors (Lipinski definition) is 0. The molecule has 4 aromatic rings. The fourth-order valence-corrected chi connectivity index (χ4v) is 4.34. The molecule has 2 aromatic heterocycles. The van der Waals surface area contributed by atoms with Gasteiger partial charge < -0.3 is 0 Å². The molecule has 0 amide bonds. The van der Waals surface area contributed by atoms with E-state index in [0.717, 1.165) is 35.5 Å². The maximum atomic E-state index is 5.18. The van der Waals surface area contributed by atoms with Gasteiger partial charge in [0, 0.05) is 17.3 Å². The topological polar surface area (TPSA) is 25.8 Å². The van der Waals surface area contributed by atoms with Crippen molar-refractivity contribution in [3.05, 3.63) is 102 Å². The monoisotopic (exact) mass is 402 g/mol. The minimum absolute atomic E-state index is 0.911. The van der Waals surface area contributed by atoms with E-state index in [-0.39, 0.29) is 0 Å². The molecule has 2 aromatic carbocycles. The van der Waals surface area contributed by atoms with Crippen LogP contribution in [0.25, 0.3) is 39.3 Å². The van der Waals surface area contributed by atoms with Crippen LogP contribution in [-0.2, 0) is 0 Å². The molecule has 0 atom stereocenters. The van der Waals surface area contributed by atoms with Gasteiger partial charge in [0.2, 0.25) is 0 Å². The molecule has 0 unspecified atom stereocenters. The molecule has 2 heteroatoms. The Labute approximate surface area is 184 Å². The van der Waals surface area contributed by atoms with E-state index in [0.29, 0.717) is 0 Å². The van der Waals surface area contributed by atoms with Gasteiger partial charge in [-0.15, -0.1) is 0 Å². The van der Waals surface area contributed by atoms with Crippen molar-refractivity contribution >= 4 is 5.57 Å². The molecule has 152 valence electrons. The zero-order chi connectivity index (χ0) is 21.0. The van der Waals surface area contributed by atoms with Crippen LogP contribution in [-0.4, -0.2) is 9.97 Å². The summed E-state index contributed by atoms with van der Waals surface area (Å²) in [5.74, 6) is 0.